The molecular weight excluding hydrogens is 222 g/mol. The molecule has 1 aliphatic rings. The maximum absolute atomic E-state index is 10.3. The molecule has 0 aromatic carbocycles. The first-order chi connectivity index (χ1) is 7.01. The van der Waals surface area contributed by atoms with Gasteiger partial charge in [0.15, 0.2) is 0 Å². The lowest BCUT2D eigenvalue weighted by Gasteiger charge is -2.14. The van der Waals surface area contributed by atoms with Crippen LogP contribution in [0.2, 0.25) is 0 Å². The molecule has 0 aromatic heterocycles. The minimum absolute atomic E-state index is 0.206. The highest BCUT2D eigenvalue weighted by atomic mass is 32.3. The molecule has 15 heavy (non-hydrogen) atoms. The predicted octanol–water partition coefficient (Wildman–Crippen LogP) is -0.655. The molecule has 0 saturated carbocycles. The zero-order valence-corrected chi connectivity index (χ0v) is 8.83. The van der Waals surface area contributed by atoms with E-state index in [-0.39, 0.29) is 12.1 Å². The van der Waals surface area contributed by atoms with Crippen LogP contribution in [0.25, 0.3) is 0 Å². The first kappa shape index (κ1) is 12.4. The summed E-state index contributed by atoms with van der Waals surface area (Å²) in [5.74, 6) is 0. The monoisotopic (exact) mass is 235 g/mol. The molecule has 0 unspecified atom stereocenters. The van der Waals surface area contributed by atoms with Crippen molar-refractivity contribution < 1.29 is 17.3 Å². The minimum atomic E-state index is -4.46. The van der Waals surface area contributed by atoms with Gasteiger partial charge in [0, 0.05) is 12.6 Å². The van der Waals surface area contributed by atoms with Crippen LogP contribution in [-0.2, 0) is 14.7 Å². The average Bonchev–Trinajstić information content (AvgIpc) is 2.38. The van der Waals surface area contributed by atoms with Crippen molar-refractivity contribution in [2.45, 2.75) is 31.3 Å². The first-order valence-electron chi connectivity index (χ1n) is 4.55. The molecule has 0 aromatic rings. The molecule has 0 radical (unpaired) electrons. The SMILES string of the molecule is N#C[C@@H]1CCC[C@@H](NOS(=O)(=O)O)CN1. The summed E-state index contributed by atoms with van der Waals surface area (Å²) in [4.78, 5) is 0. The smallest absolute Gasteiger partial charge is 0.300 e. The molecule has 1 saturated heterocycles. The first-order valence-corrected chi connectivity index (χ1v) is 5.92. The summed E-state index contributed by atoms with van der Waals surface area (Å²) in [6.45, 7) is 0.424. The summed E-state index contributed by atoms with van der Waals surface area (Å²) < 4.78 is 32.9. The van der Waals surface area contributed by atoms with Crippen LogP contribution in [0.3, 0.4) is 0 Å². The summed E-state index contributed by atoms with van der Waals surface area (Å²) in [6, 6.07) is 1.65. The third kappa shape index (κ3) is 5.06. The van der Waals surface area contributed by atoms with Gasteiger partial charge in [0.05, 0.1) is 12.1 Å². The molecular formula is C7H13N3O4S. The normalized spacial score (nSPS) is 28.0. The third-order valence-corrected chi connectivity index (χ3v) is 2.44. The Balaban J connectivity index is 2.35. The topological polar surface area (TPSA) is 111 Å². The van der Waals surface area contributed by atoms with Gasteiger partial charge in [-0.15, -0.1) is 0 Å². The number of hydroxylamine groups is 1. The van der Waals surface area contributed by atoms with Gasteiger partial charge in [0.2, 0.25) is 0 Å². The van der Waals surface area contributed by atoms with Crippen molar-refractivity contribution in [3.05, 3.63) is 0 Å². The number of rotatable bonds is 3. The van der Waals surface area contributed by atoms with Crippen LogP contribution in [-0.4, -0.2) is 31.6 Å². The molecule has 1 rings (SSSR count). The Hall–Kier alpha value is -0.720. The van der Waals surface area contributed by atoms with Crippen molar-refractivity contribution in [2.24, 2.45) is 0 Å². The van der Waals surface area contributed by atoms with Crippen LogP contribution < -0.4 is 10.8 Å². The van der Waals surface area contributed by atoms with Crippen molar-refractivity contribution in [2.75, 3.05) is 6.54 Å². The lowest BCUT2D eigenvalue weighted by Crippen LogP contribution is -2.40. The van der Waals surface area contributed by atoms with E-state index < -0.39 is 10.4 Å². The van der Waals surface area contributed by atoms with Crippen LogP contribution in [0.5, 0.6) is 0 Å². The zero-order valence-electron chi connectivity index (χ0n) is 8.01. The highest BCUT2D eigenvalue weighted by molar-refractivity contribution is 7.80. The van der Waals surface area contributed by atoms with Gasteiger partial charge in [-0.25, -0.2) is 0 Å². The van der Waals surface area contributed by atoms with Crippen LogP contribution in [0.4, 0.5) is 0 Å². The molecule has 3 N–H and O–H groups in total. The van der Waals surface area contributed by atoms with Crippen LogP contribution >= 0.6 is 0 Å². The van der Waals surface area contributed by atoms with Gasteiger partial charge in [-0.1, -0.05) is 0 Å². The summed E-state index contributed by atoms with van der Waals surface area (Å²) in [5, 5.41) is 11.6. The highest BCUT2D eigenvalue weighted by Gasteiger charge is 2.19. The number of hydrogen-bond donors (Lipinski definition) is 3. The minimum Gasteiger partial charge on any atom is -0.300 e. The largest absolute Gasteiger partial charge is 0.413 e. The van der Waals surface area contributed by atoms with Crippen molar-refractivity contribution >= 4 is 10.4 Å². The molecule has 7 nitrogen and oxygen atoms in total. The molecule has 1 heterocycles. The summed E-state index contributed by atoms with van der Waals surface area (Å²) in [7, 11) is -4.46. The maximum Gasteiger partial charge on any atom is 0.413 e. The fourth-order valence-corrected chi connectivity index (χ4v) is 1.65. The summed E-state index contributed by atoms with van der Waals surface area (Å²) in [5.41, 5.74) is 2.24. The van der Waals surface area contributed by atoms with E-state index >= 15 is 0 Å². The van der Waals surface area contributed by atoms with Gasteiger partial charge in [-0.3, -0.25) is 4.55 Å². The Labute approximate surface area is 88.3 Å². The van der Waals surface area contributed by atoms with E-state index in [0.717, 1.165) is 12.8 Å². The fourth-order valence-electron chi connectivity index (χ4n) is 1.40. The van der Waals surface area contributed by atoms with Crippen LogP contribution in [0.1, 0.15) is 19.3 Å². The number of hydrogen-bond acceptors (Lipinski definition) is 6. The lowest BCUT2D eigenvalue weighted by molar-refractivity contribution is 0.136. The van der Waals surface area contributed by atoms with Gasteiger partial charge < -0.3 is 5.32 Å². The Morgan fingerprint density at radius 1 is 1.53 bits per heavy atom. The summed E-state index contributed by atoms with van der Waals surface area (Å²) in [6.07, 6.45) is 2.19. The average molecular weight is 235 g/mol. The van der Waals surface area contributed by atoms with E-state index in [0.29, 0.717) is 13.0 Å². The number of nitrogens with one attached hydrogen (secondary N) is 2. The lowest BCUT2D eigenvalue weighted by atomic mass is 10.1. The maximum atomic E-state index is 10.3. The van der Waals surface area contributed by atoms with Crippen LogP contribution in [0, 0.1) is 11.3 Å². The standard InChI is InChI=1S/C7H13N3O4S/c8-4-6-2-1-3-7(5-9-6)10-14-15(11,12)13/h6-7,9-10H,1-3,5H2,(H,11,12,13)/t6-,7+/m0/s1. The van der Waals surface area contributed by atoms with Crippen LogP contribution in [0.15, 0.2) is 0 Å². The number of nitriles is 1. The van der Waals surface area contributed by atoms with Crippen molar-refractivity contribution in [1.29, 1.82) is 5.26 Å². The van der Waals surface area contributed by atoms with Gasteiger partial charge in [0.25, 0.3) is 0 Å². The van der Waals surface area contributed by atoms with Gasteiger partial charge in [-0.05, 0) is 19.3 Å². The van der Waals surface area contributed by atoms with Crippen molar-refractivity contribution in [3.8, 4) is 6.07 Å². The quantitative estimate of drug-likeness (QED) is 0.440. The number of nitrogens with zero attached hydrogens (tertiary/aromatic N) is 1. The molecule has 0 bridgehead atoms. The van der Waals surface area contributed by atoms with Crippen molar-refractivity contribution in [3.63, 3.8) is 0 Å². The second-order valence-electron chi connectivity index (χ2n) is 3.35. The third-order valence-electron chi connectivity index (χ3n) is 2.13. The molecule has 0 aliphatic carbocycles. The molecule has 1 aliphatic heterocycles. The van der Waals surface area contributed by atoms with Gasteiger partial charge in [-0.2, -0.15) is 23.4 Å². The molecule has 86 valence electrons. The Morgan fingerprint density at radius 3 is 2.87 bits per heavy atom. The van der Waals surface area contributed by atoms with Gasteiger partial charge in [0.1, 0.15) is 0 Å². The van der Waals surface area contributed by atoms with E-state index in [1.165, 1.54) is 0 Å². The second-order valence-corrected chi connectivity index (χ2v) is 4.37. The van der Waals surface area contributed by atoms with E-state index in [9.17, 15) is 8.42 Å². The zero-order chi connectivity index (χ0) is 11.3. The van der Waals surface area contributed by atoms with Crippen molar-refractivity contribution in [1.82, 2.24) is 10.8 Å². The van der Waals surface area contributed by atoms with E-state index in [2.05, 4.69) is 21.1 Å². The van der Waals surface area contributed by atoms with E-state index in [1.54, 1.807) is 0 Å². The molecule has 0 spiro atoms. The predicted molar refractivity (Wildman–Crippen MR) is 50.8 cm³/mol. The second kappa shape index (κ2) is 5.39. The fraction of sp³-hybridized carbons (Fsp3) is 0.857. The highest BCUT2D eigenvalue weighted by Crippen LogP contribution is 2.08. The van der Waals surface area contributed by atoms with E-state index in [4.69, 9.17) is 9.81 Å². The van der Waals surface area contributed by atoms with E-state index in [1.807, 2.05) is 0 Å². The van der Waals surface area contributed by atoms with Gasteiger partial charge >= 0.3 is 10.4 Å². The summed E-state index contributed by atoms with van der Waals surface area (Å²) >= 11 is 0. The molecule has 8 heteroatoms. The Morgan fingerprint density at radius 2 is 2.27 bits per heavy atom. The molecule has 1 fully saturated rings. The Kier molecular flexibility index (Phi) is 4.44. The molecule has 2 atom stereocenters. The Bertz CT molecular complexity index is 337. The molecule has 0 amide bonds.